The van der Waals surface area contributed by atoms with Gasteiger partial charge in [0.1, 0.15) is 5.60 Å². The maximum Gasteiger partial charge on any atom is 0.110 e. The van der Waals surface area contributed by atoms with Crippen LogP contribution in [-0.2, 0) is 10.3 Å². The molecule has 3 heteroatoms. The Balaban J connectivity index is 1.97. The molecule has 1 unspecified atom stereocenters. The lowest BCUT2D eigenvalue weighted by atomic mass is 9.95. The molecule has 1 aromatic carbocycles. The van der Waals surface area contributed by atoms with E-state index in [2.05, 4.69) is 12.2 Å². The Morgan fingerprint density at radius 1 is 1.38 bits per heavy atom. The predicted octanol–water partition coefficient (Wildman–Crippen LogP) is 1.27. The normalized spacial score (nSPS) is 22.2. The van der Waals surface area contributed by atoms with Crippen LogP contribution in [0.2, 0.25) is 0 Å². The second-order valence-corrected chi connectivity index (χ2v) is 4.98. The van der Waals surface area contributed by atoms with Crippen molar-refractivity contribution in [1.82, 2.24) is 5.32 Å². The van der Waals surface area contributed by atoms with Crippen LogP contribution < -0.4 is 5.32 Å². The molecule has 2 rings (SSSR count). The Bertz CT molecular complexity index is 344. The molecule has 0 aliphatic carbocycles. The summed E-state index contributed by atoms with van der Waals surface area (Å²) in [5, 5.41) is 13.5. The second-order valence-electron chi connectivity index (χ2n) is 4.98. The molecule has 16 heavy (non-hydrogen) atoms. The summed E-state index contributed by atoms with van der Waals surface area (Å²) in [5.41, 5.74) is -0.135. The number of benzene rings is 1. The highest BCUT2D eigenvalue weighted by Crippen LogP contribution is 2.24. The van der Waals surface area contributed by atoms with Gasteiger partial charge in [0.05, 0.1) is 12.2 Å². The zero-order valence-electron chi connectivity index (χ0n) is 9.86. The molecule has 0 bridgehead atoms. The summed E-state index contributed by atoms with van der Waals surface area (Å²) >= 11 is 0. The molecule has 1 heterocycles. The van der Waals surface area contributed by atoms with E-state index < -0.39 is 5.60 Å². The zero-order chi connectivity index (χ0) is 11.6. The van der Waals surface area contributed by atoms with Gasteiger partial charge >= 0.3 is 0 Å². The highest BCUT2D eigenvalue weighted by molar-refractivity contribution is 5.21. The lowest BCUT2D eigenvalue weighted by Gasteiger charge is -2.41. The molecule has 1 fully saturated rings. The Labute approximate surface area is 96.4 Å². The summed E-state index contributed by atoms with van der Waals surface area (Å²) < 4.78 is 5.77. The Kier molecular flexibility index (Phi) is 3.02. The van der Waals surface area contributed by atoms with E-state index in [4.69, 9.17) is 4.74 Å². The van der Waals surface area contributed by atoms with Crippen LogP contribution >= 0.6 is 0 Å². The second kappa shape index (κ2) is 4.17. The highest BCUT2D eigenvalue weighted by Gasteiger charge is 2.35. The average molecular weight is 221 g/mol. The van der Waals surface area contributed by atoms with Crippen LogP contribution in [0.1, 0.15) is 19.4 Å². The Morgan fingerprint density at radius 2 is 2.00 bits per heavy atom. The van der Waals surface area contributed by atoms with Gasteiger partial charge in [-0.1, -0.05) is 30.3 Å². The monoisotopic (exact) mass is 221 g/mol. The van der Waals surface area contributed by atoms with Crippen molar-refractivity contribution in [2.24, 2.45) is 0 Å². The maximum atomic E-state index is 10.3. The molecule has 0 spiro atoms. The fraction of sp³-hybridized carbons (Fsp3) is 0.538. The van der Waals surface area contributed by atoms with E-state index in [1.165, 1.54) is 0 Å². The van der Waals surface area contributed by atoms with Gasteiger partial charge in [-0.15, -0.1) is 0 Å². The third-order valence-electron chi connectivity index (χ3n) is 3.10. The number of aliphatic hydroxyl groups is 1. The van der Waals surface area contributed by atoms with Crippen molar-refractivity contribution in [1.29, 1.82) is 0 Å². The van der Waals surface area contributed by atoms with Gasteiger partial charge in [0.15, 0.2) is 0 Å². The number of hydrogen-bond donors (Lipinski definition) is 2. The van der Waals surface area contributed by atoms with Gasteiger partial charge in [-0.05, 0) is 19.4 Å². The molecule has 0 aromatic heterocycles. The first-order valence-electron chi connectivity index (χ1n) is 5.64. The summed E-state index contributed by atoms with van der Waals surface area (Å²) in [4.78, 5) is 0. The maximum absolute atomic E-state index is 10.3. The third-order valence-corrected chi connectivity index (χ3v) is 3.10. The summed E-state index contributed by atoms with van der Waals surface area (Å²) in [5.74, 6) is 0. The highest BCUT2D eigenvalue weighted by atomic mass is 16.5. The van der Waals surface area contributed by atoms with Gasteiger partial charge in [-0.3, -0.25) is 0 Å². The van der Waals surface area contributed by atoms with Crippen LogP contribution in [0.5, 0.6) is 0 Å². The molecule has 3 nitrogen and oxygen atoms in total. The molecule has 0 amide bonds. The molecule has 2 N–H and O–H groups in total. The van der Waals surface area contributed by atoms with Crippen LogP contribution in [-0.4, -0.2) is 30.4 Å². The molecule has 1 aliphatic heterocycles. The van der Waals surface area contributed by atoms with Crippen LogP contribution in [0.15, 0.2) is 30.3 Å². The number of ether oxygens (including phenoxy) is 1. The quantitative estimate of drug-likeness (QED) is 0.804. The average Bonchev–Trinajstić information content (AvgIpc) is 2.25. The third kappa shape index (κ3) is 2.43. The van der Waals surface area contributed by atoms with E-state index in [1.807, 2.05) is 30.3 Å². The molecule has 88 valence electrons. The first-order chi connectivity index (χ1) is 7.52. The van der Waals surface area contributed by atoms with Gasteiger partial charge in [0.2, 0.25) is 0 Å². The topological polar surface area (TPSA) is 41.5 Å². The first-order valence-corrected chi connectivity index (χ1v) is 5.64. The van der Waals surface area contributed by atoms with Crippen molar-refractivity contribution in [2.45, 2.75) is 25.0 Å². The molecule has 1 saturated heterocycles. The molecular formula is C13H19NO2. The number of hydrogen-bond acceptors (Lipinski definition) is 3. The van der Waals surface area contributed by atoms with Gasteiger partial charge in [0.25, 0.3) is 0 Å². The summed E-state index contributed by atoms with van der Waals surface area (Å²) in [6.07, 6.45) is 0. The van der Waals surface area contributed by atoms with E-state index in [-0.39, 0.29) is 5.60 Å². The van der Waals surface area contributed by atoms with E-state index in [0.717, 1.165) is 18.7 Å². The molecule has 1 aliphatic rings. The van der Waals surface area contributed by atoms with Crippen LogP contribution in [0.25, 0.3) is 0 Å². The predicted molar refractivity (Wildman–Crippen MR) is 63.2 cm³/mol. The Morgan fingerprint density at radius 3 is 2.50 bits per heavy atom. The molecular weight excluding hydrogens is 202 g/mol. The smallest absolute Gasteiger partial charge is 0.110 e. The fourth-order valence-electron chi connectivity index (χ4n) is 1.77. The van der Waals surface area contributed by atoms with Gasteiger partial charge in [-0.25, -0.2) is 0 Å². The largest absolute Gasteiger partial charge is 0.383 e. The van der Waals surface area contributed by atoms with Crippen molar-refractivity contribution in [2.75, 3.05) is 19.7 Å². The minimum absolute atomic E-state index is 0.112. The summed E-state index contributed by atoms with van der Waals surface area (Å²) in [6.45, 7) is 5.90. The van der Waals surface area contributed by atoms with Crippen molar-refractivity contribution < 1.29 is 9.84 Å². The number of nitrogens with one attached hydrogen (secondary N) is 1. The molecule has 1 aromatic rings. The van der Waals surface area contributed by atoms with Crippen molar-refractivity contribution in [3.63, 3.8) is 0 Å². The number of rotatable bonds is 4. The van der Waals surface area contributed by atoms with Crippen molar-refractivity contribution >= 4 is 0 Å². The standard InChI is InChI=1S/C13H19NO2/c1-12(8-14-9-12)16-10-13(2,15)11-6-4-3-5-7-11/h3-7,14-15H,8-10H2,1-2H3. The molecule has 0 radical (unpaired) electrons. The van der Waals surface area contributed by atoms with Crippen molar-refractivity contribution in [3.8, 4) is 0 Å². The van der Waals surface area contributed by atoms with E-state index in [9.17, 15) is 5.11 Å². The molecule has 0 saturated carbocycles. The van der Waals surface area contributed by atoms with E-state index in [0.29, 0.717) is 6.61 Å². The first kappa shape index (κ1) is 11.6. The van der Waals surface area contributed by atoms with Crippen LogP contribution in [0.3, 0.4) is 0 Å². The summed E-state index contributed by atoms with van der Waals surface area (Å²) in [6, 6.07) is 9.64. The van der Waals surface area contributed by atoms with Gasteiger partial charge in [0, 0.05) is 13.1 Å². The fourth-order valence-corrected chi connectivity index (χ4v) is 1.77. The van der Waals surface area contributed by atoms with Gasteiger partial charge < -0.3 is 15.2 Å². The SMILES string of the molecule is CC1(OCC(C)(O)c2ccccc2)CNC1. The Hall–Kier alpha value is -0.900. The minimum atomic E-state index is -0.917. The molecule has 1 atom stereocenters. The van der Waals surface area contributed by atoms with Crippen LogP contribution in [0, 0.1) is 0 Å². The van der Waals surface area contributed by atoms with Crippen LogP contribution in [0.4, 0.5) is 0 Å². The minimum Gasteiger partial charge on any atom is -0.383 e. The van der Waals surface area contributed by atoms with E-state index >= 15 is 0 Å². The van der Waals surface area contributed by atoms with Crippen molar-refractivity contribution in [3.05, 3.63) is 35.9 Å². The zero-order valence-corrected chi connectivity index (χ0v) is 9.86. The lowest BCUT2D eigenvalue weighted by Crippen LogP contribution is -2.60. The van der Waals surface area contributed by atoms with E-state index in [1.54, 1.807) is 6.92 Å². The lowest BCUT2D eigenvalue weighted by molar-refractivity contribution is -0.128. The summed E-state index contributed by atoms with van der Waals surface area (Å²) in [7, 11) is 0. The van der Waals surface area contributed by atoms with Gasteiger partial charge in [-0.2, -0.15) is 0 Å².